The number of carboxylic acids is 1. The summed E-state index contributed by atoms with van der Waals surface area (Å²) in [6.45, 7) is 5.71. The zero-order valence-electron chi connectivity index (χ0n) is 17.5. The van der Waals surface area contributed by atoms with E-state index in [0.29, 0.717) is 16.6 Å². The SMILES string of the molecule is CC(C)(C)n1cc(C(=O)O)c(=O)c2cc(F)c(-c3ccc(-c4ccccc4)cc3)cc21. The van der Waals surface area contributed by atoms with E-state index in [-0.39, 0.29) is 10.9 Å². The van der Waals surface area contributed by atoms with Gasteiger partial charge in [-0.2, -0.15) is 0 Å². The van der Waals surface area contributed by atoms with E-state index in [1.165, 1.54) is 6.20 Å². The molecule has 0 aliphatic heterocycles. The highest BCUT2D eigenvalue weighted by atomic mass is 19.1. The van der Waals surface area contributed by atoms with Crippen molar-refractivity contribution in [1.82, 2.24) is 4.57 Å². The Morgan fingerprint density at radius 1 is 0.903 bits per heavy atom. The Labute approximate surface area is 179 Å². The van der Waals surface area contributed by atoms with Crippen molar-refractivity contribution in [2.24, 2.45) is 0 Å². The minimum Gasteiger partial charge on any atom is -0.477 e. The van der Waals surface area contributed by atoms with E-state index in [4.69, 9.17) is 0 Å². The molecule has 4 nitrogen and oxygen atoms in total. The predicted molar refractivity (Wildman–Crippen MR) is 121 cm³/mol. The van der Waals surface area contributed by atoms with Gasteiger partial charge in [-0.1, -0.05) is 54.6 Å². The van der Waals surface area contributed by atoms with Crippen LogP contribution in [0.1, 0.15) is 31.1 Å². The predicted octanol–water partition coefficient (Wildman–Crippen LogP) is 5.93. The smallest absolute Gasteiger partial charge is 0.341 e. The molecule has 0 aliphatic rings. The van der Waals surface area contributed by atoms with Gasteiger partial charge in [0.05, 0.1) is 5.52 Å². The molecule has 0 saturated carbocycles. The van der Waals surface area contributed by atoms with Gasteiger partial charge in [-0.15, -0.1) is 0 Å². The first-order valence-electron chi connectivity index (χ1n) is 9.95. The average Bonchev–Trinajstić information content (AvgIpc) is 2.73. The fourth-order valence-corrected chi connectivity index (χ4v) is 3.75. The number of carboxylic acid groups (broad SMARTS) is 1. The number of rotatable bonds is 3. The number of aromatic carboxylic acids is 1. The van der Waals surface area contributed by atoms with Gasteiger partial charge < -0.3 is 9.67 Å². The van der Waals surface area contributed by atoms with Crippen molar-refractivity contribution in [2.75, 3.05) is 0 Å². The maximum absolute atomic E-state index is 15.1. The Balaban J connectivity index is 1.92. The highest BCUT2D eigenvalue weighted by Crippen LogP contribution is 2.31. The average molecular weight is 415 g/mol. The van der Waals surface area contributed by atoms with Crippen molar-refractivity contribution in [1.29, 1.82) is 0 Å². The van der Waals surface area contributed by atoms with E-state index in [1.807, 2.05) is 75.4 Å². The first kappa shape index (κ1) is 20.5. The quantitative estimate of drug-likeness (QED) is 0.451. The molecule has 4 rings (SSSR count). The Bertz CT molecular complexity index is 1350. The monoisotopic (exact) mass is 415 g/mol. The summed E-state index contributed by atoms with van der Waals surface area (Å²) in [5, 5.41) is 9.48. The van der Waals surface area contributed by atoms with Crippen LogP contribution in [0.25, 0.3) is 33.2 Å². The molecule has 0 atom stereocenters. The number of fused-ring (bicyclic) bond motifs is 1. The topological polar surface area (TPSA) is 59.3 Å². The molecule has 31 heavy (non-hydrogen) atoms. The number of aromatic nitrogens is 1. The van der Waals surface area contributed by atoms with Gasteiger partial charge in [0.15, 0.2) is 0 Å². The number of halogens is 1. The first-order valence-corrected chi connectivity index (χ1v) is 9.95. The van der Waals surface area contributed by atoms with Crippen LogP contribution in [-0.4, -0.2) is 15.6 Å². The van der Waals surface area contributed by atoms with E-state index in [2.05, 4.69) is 0 Å². The van der Waals surface area contributed by atoms with Gasteiger partial charge in [0.1, 0.15) is 11.4 Å². The Morgan fingerprint density at radius 3 is 2.06 bits per heavy atom. The number of benzene rings is 3. The summed E-state index contributed by atoms with van der Waals surface area (Å²) >= 11 is 0. The minimum absolute atomic E-state index is 0.0528. The van der Waals surface area contributed by atoms with Crippen molar-refractivity contribution in [3.63, 3.8) is 0 Å². The Kier molecular flexibility index (Phi) is 4.97. The Hall–Kier alpha value is -3.73. The van der Waals surface area contributed by atoms with Gasteiger partial charge in [-0.25, -0.2) is 9.18 Å². The van der Waals surface area contributed by atoms with Gasteiger partial charge in [0.25, 0.3) is 0 Å². The molecular formula is C26H22FNO3. The molecule has 0 saturated heterocycles. The van der Waals surface area contributed by atoms with Crippen LogP contribution in [0.2, 0.25) is 0 Å². The van der Waals surface area contributed by atoms with Crippen molar-refractivity contribution < 1.29 is 14.3 Å². The van der Waals surface area contributed by atoms with E-state index < -0.39 is 22.8 Å². The molecule has 4 aromatic rings. The lowest BCUT2D eigenvalue weighted by Gasteiger charge is -2.26. The summed E-state index contributed by atoms with van der Waals surface area (Å²) in [6.07, 6.45) is 1.34. The molecule has 0 amide bonds. The fourth-order valence-electron chi connectivity index (χ4n) is 3.75. The zero-order chi connectivity index (χ0) is 22.3. The van der Waals surface area contributed by atoms with Gasteiger partial charge in [0, 0.05) is 22.7 Å². The first-order chi connectivity index (χ1) is 14.7. The van der Waals surface area contributed by atoms with Gasteiger partial charge >= 0.3 is 5.97 Å². The molecular weight excluding hydrogens is 393 g/mol. The second-order valence-corrected chi connectivity index (χ2v) is 8.51. The van der Waals surface area contributed by atoms with Crippen LogP contribution < -0.4 is 5.43 Å². The van der Waals surface area contributed by atoms with Crippen LogP contribution in [0.3, 0.4) is 0 Å². The molecule has 0 fully saturated rings. The molecule has 5 heteroatoms. The molecule has 0 aliphatic carbocycles. The normalized spacial score (nSPS) is 11.6. The van der Waals surface area contributed by atoms with Crippen molar-refractivity contribution in [3.8, 4) is 22.3 Å². The third-order valence-electron chi connectivity index (χ3n) is 5.35. The summed E-state index contributed by atoms with van der Waals surface area (Å²) in [5.41, 5.74) is 2.03. The van der Waals surface area contributed by atoms with Crippen molar-refractivity contribution in [2.45, 2.75) is 26.3 Å². The summed E-state index contributed by atoms with van der Waals surface area (Å²) < 4.78 is 16.8. The third-order valence-corrected chi connectivity index (χ3v) is 5.35. The molecule has 1 heterocycles. The maximum Gasteiger partial charge on any atom is 0.341 e. The summed E-state index contributed by atoms with van der Waals surface area (Å²) in [4.78, 5) is 24.2. The standard InChI is InChI=1S/C26H22FNO3/c1-26(2,3)28-15-21(25(30)31)24(29)20-13-22(27)19(14-23(20)28)18-11-9-17(10-12-18)16-7-5-4-6-8-16/h4-15H,1-3H3,(H,30,31). The number of pyridine rings is 1. The van der Waals surface area contributed by atoms with E-state index >= 15 is 4.39 Å². The highest BCUT2D eigenvalue weighted by Gasteiger charge is 2.22. The molecule has 156 valence electrons. The fraction of sp³-hybridized carbons (Fsp3) is 0.154. The second kappa shape index (κ2) is 7.51. The van der Waals surface area contributed by atoms with Crippen molar-refractivity contribution >= 4 is 16.9 Å². The molecule has 1 N–H and O–H groups in total. The lowest BCUT2D eigenvalue weighted by molar-refractivity contribution is 0.0694. The van der Waals surface area contributed by atoms with Gasteiger partial charge in [0.2, 0.25) is 5.43 Å². The van der Waals surface area contributed by atoms with Gasteiger partial charge in [-0.05, 0) is 49.6 Å². The summed E-state index contributed by atoms with van der Waals surface area (Å²) in [6, 6.07) is 20.2. The molecule has 1 aromatic heterocycles. The minimum atomic E-state index is -1.33. The van der Waals surface area contributed by atoms with E-state index in [9.17, 15) is 14.7 Å². The second-order valence-electron chi connectivity index (χ2n) is 8.51. The van der Waals surface area contributed by atoms with Crippen LogP contribution >= 0.6 is 0 Å². The number of carbonyl (C=O) groups is 1. The largest absolute Gasteiger partial charge is 0.477 e. The molecule has 3 aromatic carbocycles. The van der Waals surface area contributed by atoms with Crippen LogP contribution in [0.5, 0.6) is 0 Å². The number of hydrogen-bond acceptors (Lipinski definition) is 2. The van der Waals surface area contributed by atoms with Crippen LogP contribution in [0.4, 0.5) is 4.39 Å². The lowest BCUT2D eigenvalue weighted by Crippen LogP contribution is -2.27. The Morgan fingerprint density at radius 2 is 1.48 bits per heavy atom. The molecule has 0 bridgehead atoms. The third kappa shape index (κ3) is 3.75. The maximum atomic E-state index is 15.1. The number of hydrogen-bond donors (Lipinski definition) is 1. The van der Waals surface area contributed by atoms with E-state index in [0.717, 1.165) is 17.2 Å². The molecule has 0 unspecified atom stereocenters. The lowest BCUT2D eigenvalue weighted by atomic mass is 9.97. The van der Waals surface area contributed by atoms with Crippen LogP contribution in [-0.2, 0) is 5.54 Å². The molecule has 0 spiro atoms. The van der Waals surface area contributed by atoms with Gasteiger partial charge in [-0.3, -0.25) is 4.79 Å². The van der Waals surface area contributed by atoms with E-state index in [1.54, 1.807) is 10.6 Å². The zero-order valence-corrected chi connectivity index (χ0v) is 17.5. The molecule has 0 radical (unpaired) electrons. The van der Waals surface area contributed by atoms with Crippen LogP contribution in [0.15, 0.2) is 77.7 Å². The van der Waals surface area contributed by atoms with Crippen molar-refractivity contribution in [3.05, 3.63) is 94.5 Å². The number of nitrogens with zero attached hydrogens (tertiary/aromatic N) is 1. The highest BCUT2D eigenvalue weighted by molar-refractivity contribution is 5.94. The summed E-state index contributed by atoms with van der Waals surface area (Å²) in [7, 11) is 0. The van der Waals surface area contributed by atoms with Crippen LogP contribution in [0, 0.1) is 5.82 Å². The summed E-state index contributed by atoms with van der Waals surface area (Å²) in [5.74, 6) is -1.90.